The van der Waals surface area contributed by atoms with Crippen molar-refractivity contribution in [1.29, 1.82) is 0 Å². The largest absolute Gasteiger partial charge is 0.497 e. The molecule has 0 unspecified atom stereocenters. The van der Waals surface area contributed by atoms with E-state index in [1.54, 1.807) is 35.2 Å². The molecular weight excluding hydrogens is 670 g/mol. The van der Waals surface area contributed by atoms with E-state index in [0.717, 1.165) is 16.7 Å². The minimum absolute atomic E-state index is 0.0260. The maximum absolute atomic E-state index is 13.0. The number of rotatable bonds is 15. The number of aromatic amines is 1. The summed E-state index contributed by atoms with van der Waals surface area (Å²) in [7, 11) is 4.77. The monoisotopic (exact) mass is 713 g/mol. The zero-order valence-corrected chi connectivity index (χ0v) is 29.6. The fourth-order valence-corrected chi connectivity index (χ4v) is 6.24. The average molecular weight is 714 g/mol. The van der Waals surface area contributed by atoms with Crippen molar-refractivity contribution in [3.05, 3.63) is 112 Å². The molecule has 4 atom stereocenters. The number of amides is 1. The molecule has 0 spiro atoms. The minimum atomic E-state index is -1.19. The van der Waals surface area contributed by atoms with Gasteiger partial charge in [-0.2, -0.15) is 4.98 Å². The van der Waals surface area contributed by atoms with Gasteiger partial charge < -0.3 is 33.5 Å². The van der Waals surface area contributed by atoms with Crippen molar-refractivity contribution in [2.24, 2.45) is 5.92 Å². The summed E-state index contributed by atoms with van der Waals surface area (Å²) < 4.78 is 37.4. The van der Waals surface area contributed by atoms with E-state index in [1.807, 2.05) is 78.9 Å². The molecule has 6 rings (SSSR count). The predicted octanol–water partition coefficient (Wildman–Crippen LogP) is 4.03. The number of methoxy groups -OCH3 is 3. The first-order valence-electron chi connectivity index (χ1n) is 16.9. The molecule has 1 aliphatic rings. The molecule has 14 heteroatoms. The van der Waals surface area contributed by atoms with E-state index in [4.69, 9.17) is 28.4 Å². The number of ether oxygens (including phenoxy) is 6. The number of nitrogens with one attached hydrogen (secondary N) is 2. The summed E-state index contributed by atoms with van der Waals surface area (Å²) in [5.74, 6) is 0.647. The van der Waals surface area contributed by atoms with Crippen LogP contribution < -0.4 is 20.3 Å². The van der Waals surface area contributed by atoms with Crippen LogP contribution in [0.15, 0.2) is 90.0 Å². The van der Waals surface area contributed by atoms with Gasteiger partial charge in [-0.3, -0.25) is 24.5 Å². The number of carbonyl (C=O) groups excluding carboxylic acids is 1. The van der Waals surface area contributed by atoms with Gasteiger partial charge in [0, 0.05) is 13.0 Å². The zero-order valence-electron chi connectivity index (χ0n) is 29.6. The topological polar surface area (TPSA) is 168 Å². The lowest BCUT2D eigenvalue weighted by molar-refractivity contribution is -0.118. The van der Waals surface area contributed by atoms with Crippen molar-refractivity contribution in [3.8, 4) is 11.5 Å². The first-order chi connectivity index (χ1) is 25.2. The first-order valence-corrected chi connectivity index (χ1v) is 16.9. The SMILES string of the molecule is COCCO[C@@H]1[C@H](O)[C@@H](COC(c2ccccc2)(c2ccc(OC)cc2)c2ccc(OC)cc2)O[C@H]1n1cnc2c(=O)[nH]c(NC(=O)C(C)C)nc21. The van der Waals surface area contributed by atoms with Gasteiger partial charge in [0.15, 0.2) is 17.4 Å². The summed E-state index contributed by atoms with van der Waals surface area (Å²) in [6.07, 6.45) is -2.64. The van der Waals surface area contributed by atoms with E-state index in [2.05, 4.69) is 20.3 Å². The van der Waals surface area contributed by atoms with Crippen molar-refractivity contribution in [2.75, 3.05) is 46.5 Å². The molecule has 0 saturated carbocycles. The van der Waals surface area contributed by atoms with Gasteiger partial charge in [0.25, 0.3) is 5.56 Å². The summed E-state index contributed by atoms with van der Waals surface area (Å²) in [5, 5.41) is 14.5. The number of fused-ring (bicyclic) bond motifs is 1. The molecule has 1 saturated heterocycles. The van der Waals surface area contributed by atoms with E-state index in [-0.39, 0.29) is 48.8 Å². The summed E-state index contributed by atoms with van der Waals surface area (Å²) in [6.45, 7) is 3.77. The molecule has 3 aromatic carbocycles. The van der Waals surface area contributed by atoms with Gasteiger partial charge in [-0.05, 0) is 41.0 Å². The van der Waals surface area contributed by atoms with Crippen LogP contribution in [-0.2, 0) is 29.3 Å². The standard InChI is InChI=1S/C38H43N5O9/c1-23(2)34(45)41-37-40-33-30(35(46)42-37)39-22-43(33)36-32(50-20-19-47-3)31(44)29(52-36)21-51-38(24-9-7-6-8-10-24,25-11-15-27(48-4)16-12-25)26-13-17-28(49-5)18-14-26/h6-18,22-23,29,31-32,36,44H,19-21H2,1-5H3,(H2,40,41,42,45,46)/t29-,31-,32-,36-/m1/s1. The molecular formula is C38H43N5O9. The highest BCUT2D eigenvalue weighted by molar-refractivity contribution is 5.91. The third-order valence-electron chi connectivity index (χ3n) is 9.02. The van der Waals surface area contributed by atoms with E-state index >= 15 is 0 Å². The number of imidazole rings is 1. The maximum Gasteiger partial charge on any atom is 0.280 e. The fourth-order valence-electron chi connectivity index (χ4n) is 6.24. The number of carbonyl (C=O) groups is 1. The number of nitrogens with zero attached hydrogens (tertiary/aromatic N) is 3. The average Bonchev–Trinajstić information content (AvgIpc) is 3.73. The summed E-state index contributed by atoms with van der Waals surface area (Å²) in [4.78, 5) is 36.8. The second kappa shape index (κ2) is 16.0. The van der Waals surface area contributed by atoms with E-state index in [1.165, 1.54) is 10.9 Å². The van der Waals surface area contributed by atoms with Gasteiger partial charge in [-0.15, -0.1) is 0 Å². The van der Waals surface area contributed by atoms with Crippen LogP contribution in [0.2, 0.25) is 0 Å². The number of hydrogen-bond donors (Lipinski definition) is 3. The van der Waals surface area contributed by atoms with Crippen LogP contribution >= 0.6 is 0 Å². The van der Waals surface area contributed by atoms with Crippen LogP contribution in [0.3, 0.4) is 0 Å². The van der Waals surface area contributed by atoms with Crippen molar-refractivity contribution < 1.29 is 38.3 Å². The van der Waals surface area contributed by atoms with Gasteiger partial charge >= 0.3 is 0 Å². The molecule has 52 heavy (non-hydrogen) atoms. The Labute approximate surface area is 300 Å². The Morgan fingerprint density at radius 1 is 0.942 bits per heavy atom. The Balaban J connectivity index is 1.40. The molecule has 14 nitrogen and oxygen atoms in total. The Kier molecular flexibility index (Phi) is 11.3. The van der Waals surface area contributed by atoms with Crippen LogP contribution in [0.1, 0.15) is 36.8 Å². The molecule has 1 amide bonds. The Morgan fingerprint density at radius 2 is 1.56 bits per heavy atom. The van der Waals surface area contributed by atoms with Crippen molar-refractivity contribution in [3.63, 3.8) is 0 Å². The molecule has 0 bridgehead atoms. The molecule has 2 aromatic heterocycles. The molecule has 0 aliphatic carbocycles. The van der Waals surface area contributed by atoms with Crippen LogP contribution in [0.4, 0.5) is 5.95 Å². The highest BCUT2D eigenvalue weighted by Gasteiger charge is 2.48. The Hall–Kier alpha value is -5.12. The Morgan fingerprint density at radius 3 is 2.13 bits per heavy atom. The summed E-state index contributed by atoms with van der Waals surface area (Å²) >= 11 is 0. The molecule has 1 aliphatic heterocycles. The van der Waals surface area contributed by atoms with E-state index in [9.17, 15) is 14.7 Å². The van der Waals surface area contributed by atoms with Crippen LogP contribution in [0, 0.1) is 5.92 Å². The smallest absolute Gasteiger partial charge is 0.280 e. The number of hydrogen-bond acceptors (Lipinski definition) is 11. The highest BCUT2D eigenvalue weighted by atomic mass is 16.6. The van der Waals surface area contributed by atoms with Gasteiger partial charge in [0.2, 0.25) is 11.9 Å². The summed E-state index contributed by atoms with van der Waals surface area (Å²) in [5.41, 5.74) is 0.887. The zero-order chi connectivity index (χ0) is 36.8. The molecule has 3 N–H and O–H groups in total. The normalized spacial score (nSPS) is 18.9. The predicted molar refractivity (Wildman–Crippen MR) is 191 cm³/mol. The Bertz CT molecular complexity index is 1950. The number of H-pyrrole nitrogens is 1. The number of aliphatic hydroxyl groups is 1. The van der Waals surface area contributed by atoms with Crippen molar-refractivity contribution in [1.82, 2.24) is 19.5 Å². The number of aromatic nitrogens is 4. The van der Waals surface area contributed by atoms with E-state index in [0.29, 0.717) is 11.5 Å². The minimum Gasteiger partial charge on any atom is -0.497 e. The second-order valence-corrected chi connectivity index (χ2v) is 12.6. The molecule has 274 valence electrons. The lowest BCUT2D eigenvalue weighted by Gasteiger charge is -2.37. The van der Waals surface area contributed by atoms with Crippen molar-refractivity contribution in [2.45, 2.75) is 44.0 Å². The van der Waals surface area contributed by atoms with Gasteiger partial charge in [-0.25, -0.2) is 4.98 Å². The van der Waals surface area contributed by atoms with Crippen molar-refractivity contribution >= 4 is 23.0 Å². The first kappa shape index (κ1) is 36.7. The van der Waals surface area contributed by atoms with Crippen LogP contribution in [-0.4, -0.2) is 90.0 Å². The lowest BCUT2D eigenvalue weighted by atomic mass is 9.80. The molecule has 0 radical (unpaired) electrons. The number of benzene rings is 3. The maximum atomic E-state index is 13.0. The second-order valence-electron chi connectivity index (χ2n) is 12.6. The third kappa shape index (κ3) is 7.29. The summed E-state index contributed by atoms with van der Waals surface area (Å²) in [6, 6.07) is 25.0. The van der Waals surface area contributed by atoms with Gasteiger partial charge in [-0.1, -0.05) is 68.4 Å². The van der Waals surface area contributed by atoms with Gasteiger partial charge in [0.1, 0.15) is 35.4 Å². The quantitative estimate of drug-likeness (QED) is 0.106. The van der Waals surface area contributed by atoms with E-state index < -0.39 is 35.7 Å². The number of anilines is 1. The molecule has 3 heterocycles. The highest BCUT2D eigenvalue weighted by Crippen LogP contribution is 2.43. The van der Waals surface area contributed by atoms with Crippen LogP contribution in [0.25, 0.3) is 11.2 Å². The van der Waals surface area contributed by atoms with Gasteiger partial charge in [0.05, 0.1) is 40.4 Å². The fraction of sp³-hybridized carbons (Fsp3) is 0.368. The lowest BCUT2D eigenvalue weighted by Crippen LogP contribution is -2.40. The number of aliphatic hydroxyl groups excluding tert-OH is 1. The third-order valence-corrected chi connectivity index (χ3v) is 9.02. The van der Waals surface area contributed by atoms with Crippen LogP contribution in [0.5, 0.6) is 11.5 Å². The molecule has 1 fully saturated rings. The molecule has 5 aromatic rings.